The summed E-state index contributed by atoms with van der Waals surface area (Å²) in [7, 11) is 0. The fraction of sp³-hybridized carbons (Fsp3) is 0.0625. The van der Waals surface area contributed by atoms with Crippen molar-refractivity contribution in [1.82, 2.24) is 0 Å². The Bertz CT molecular complexity index is 1190. The fourth-order valence-corrected chi connectivity index (χ4v) is 4.13. The average Bonchev–Trinajstić information content (AvgIpc) is 2.91. The van der Waals surface area contributed by atoms with E-state index >= 15 is 0 Å². The van der Waals surface area contributed by atoms with Gasteiger partial charge in [0.05, 0.1) is 0 Å². The molecular weight excluding hydrogens is 420 g/mol. The topological polar surface area (TPSA) is 0 Å². The van der Waals surface area contributed by atoms with E-state index in [1.165, 1.54) is 22.3 Å². The van der Waals surface area contributed by atoms with Gasteiger partial charge >= 0.3 is 0 Å². The quantitative estimate of drug-likeness (QED) is 0.257. The Balaban J connectivity index is 0.00000126. The molecule has 0 spiro atoms. The molecule has 0 saturated carbocycles. The summed E-state index contributed by atoms with van der Waals surface area (Å²) in [5, 5.41) is 0.742. The summed E-state index contributed by atoms with van der Waals surface area (Å²) in [6, 6.07) is 44.4. The molecule has 5 aromatic rings. The highest BCUT2D eigenvalue weighted by molar-refractivity contribution is 6.31. The van der Waals surface area contributed by atoms with Crippen molar-refractivity contribution in [2.45, 2.75) is 13.8 Å². The summed E-state index contributed by atoms with van der Waals surface area (Å²) in [6.07, 6.45) is 0. The van der Waals surface area contributed by atoms with Gasteiger partial charge in [0.25, 0.3) is 0 Å². The van der Waals surface area contributed by atoms with E-state index in [-0.39, 0.29) is 0 Å². The van der Waals surface area contributed by atoms with Crippen molar-refractivity contribution >= 4 is 11.6 Å². The minimum absolute atomic E-state index is 0.742. The lowest BCUT2D eigenvalue weighted by atomic mass is 9.96. The number of benzene rings is 5. The smallest absolute Gasteiger partial charge is 0.0418 e. The van der Waals surface area contributed by atoms with Gasteiger partial charge in [-0.05, 0) is 62.7 Å². The van der Waals surface area contributed by atoms with Gasteiger partial charge in [0.1, 0.15) is 0 Å². The molecule has 0 aliphatic heterocycles. The van der Waals surface area contributed by atoms with E-state index < -0.39 is 0 Å². The third kappa shape index (κ3) is 5.42. The largest absolute Gasteiger partial charge is 0.0843 e. The second kappa shape index (κ2) is 10.8. The number of hydrogen-bond acceptors (Lipinski definition) is 0. The molecule has 0 nitrogen and oxygen atoms in total. The summed E-state index contributed by atoms with van der Waals surface area (Å²) in [5.74, 6) is 0. The summed E-state index contributed by atoms with van der Waals surface area (Å²) >= 11 is 6.50. The summed E-state index contributed by atoms with van der Waals surface area (Å²) in [6.45, 7) is 4.00. The van der Waals surface area contributed by atoms with Gasteiger partial charge in [0.15, 0.2) is 0 Å². The molecule has 5 rings (SSSR count). The Morgan fingerprint density at radius 2 is 0.606 bits per heavy atom. The van der Waals surface area contributed by atoms with Crippen molar-refractivity contribution < 1.29 is 0 Å². The predicted molar refractivity (Wildman–Crippen MR) is 145 cm³/mol. The summed E-state index contributed by atoms with van der Waals surface area (Å²) in [5.41, 5.74) is 9.42. The molecule has 0 bridgehead atoms. The van der Waals surface area contributed by atoms with Crippen LogP contribution in [0.25, 0.3) is 44.5 Å². The molecule has 0 unspecified atom stereocenters. The molecule has 0 radical (unpaired) electrons. The molecule has 0 atom stereocenters. The molecular formula is C32H27Cl. The number of rotatable bonds is 4. The van der Waals surface area contributed by atoms with Crippen LogP contribution in [0.5, 0.6) is 0 Å². The lowest BCUT2D eigenvalue weighted by molar-refractivity contribution is 1.50. The maximum atomic E-state index is 6.50. The molecule has 0 aromatic heterocycles. The van der Waals surface area contributed by atoms with E-state index in [0.29, 0.717) is 0 Å². The van der Waals surface area contributed by atoms with Crippen molar-refractivity contribution in [2.24, 2.45) is 0 Å². The molecule has 0 aliphatic rings. The van der Waals surface area contributed by atoms with E-state index in [0.717, 1.165) is 27.3 Å². The molecule has 162 valence electrons. The number of hydrogen-bond donors (Lipinski definition) is 0. The van der Waals surface area contributed by atoms with E-state index in [4.69, 9.17) is 11.6 Å². The van der Waals surface area contributed by atoms with Crippen molar-refractivity contribution in [2.75, 3.05) is 0 Å². The Morgan fingerprint density at radius 1 is 0.333 bits per heavy atom. The second-order valence-corrected chi connectivity index (χ2v) is 8.05. The van der Waals surface area contributed by atoms with Gasteiger partial charge in [-0.1, -0.05) is 135 Å². The van der Waals surface area contributed by atoms with E-state index in [1.54, 1.807) is 0 Å². The zero-order valence-corrected chi connectivity index (χ0v) is 19.8. The minimum atomic E-state index is 0.742. The van der Waals surface area contributed by atoms with Gasteiger partial charge in [0, 0.05) is 5.02 Å². The van der Waals surface area contributed by atoms with Crippen molar-refractivity contribution in [1.29, 1.82) is 0 Å². The maximum Gasteiger partial charge on any atom is 0.0418 e. The van der Waals surface area contributed by atoms with Crippen LogP contribution >= 0.6 is 11.6 Å². The van der Waals surface area contributed by atoms with Crippen molar-refractivity contribution in [3.63, 3.8) is 0 Å². The highest BCUT2D eigenvalue weighted by Gasteiger charge is 2.06. The molecule has 0 N–H and O–H groups in total. The lowest BCUT2D eigenvalue weighted by Gasteiger charge is -2.10. The normalized spacial score (nSPS) is 10.3. The molecule has 0 aliphatic carbocycles. The van der Waals surface area contributed by atoms with Crippen molar-refractivity contribution in [3.8, 4) is 44.5 Å². The average molecular weight is 447 g/mol. The molecule has 1 heteroatoms. The molecule has 0 amide bonds. The van der Waals surface area contributed by atoms with E-state index in [2.05, 4.69) is 103 Å². The van der Waals surface area contributed by atoms with Crippen LogP contribution < -0.4 is 0 Å². The van der Waals surface area contributed by atoms with Gasteiger partial charge in [0.2, 0.25) is 0 Å². The molecule has 0 fully saturated rings. The Hall–Kier alpha value is -3.61. The minimum Gasteiger partial charge on any atom is -0.0843 e. The SMILES string of the molecule is CC.Clc1cc(-c2ccc(-c3ccccc3)cc2)cc(-c2ccc(-c3ccccc3)cc2)c1. The summed E-state index contributed by atoms with van der Waals surface area (Å²) in [4.78, 5) is 0. The van der Waals surface area contributed by atoms with Gasteiger partial charge in [-0.3, -0.25) is 0 Å². The predicted octanol–water partition coefficient (Wildman–Crippen LogP) is 10.0. The van der Waals surface area contributed by atoms with Gasteiger partial charge < -0.3 is 0 Å². The van der Waals surface area contributed by atoms with Gasteiger partial charge in [-0.2, -0.15) is 0 Å². The van der Waals surface area contributed by atoms with Crippen LogP contribution in [-0.4, -0.2) is 0 Å². The van der Waals surface area contributed by atoms with Crippen LogP contribution in [0.4, 0.5) is 0 Å². The third-order valence-corrected chi connectivity index (χ3v) is 5.77. The van der Waals surface area contributed by atoms with Gasteiger partial charge in [-0.15, -0.1) is 0 Å². The zero-order valence-electron chi connectivity index (χ0n) is 19.0. The monoisotopic (exact) mass is 446 g/mol. The number of halogens is 1. The fourth-order valence-electron chi connectivity index (χ4n) is 3.89. The highest BCUT2D eigenvalue weighted by atomic mass is 35.5. The van der Waals surface area contributed by atoms with Gasteiger partial charge in [-0.25, -0.2) is 0 Å². The zero-order chi connectivity index (χ0) is 23.0. The molecule has 33 heavy (non-hydrogen) atoms. The Kier molecular flexibility index (Phi) is 7.40. The first kappa shape index (κ1) is 22.6. The van der Waals surface area contributed by atoms with E-state index in [9.17, 15) is 0 Å². The lowest BCUT2D eigenvalue weighted by Crippen LogP contribution is -1.84. The highest BCUT2D eigenvalue weighted by Crippen LogP contribution is 2.32. The van der Waals surface area contributed by atoms with Crippen molar-refractivity contribution in [3.05, 3.63) is 132 Å². The van der Waals surface area contributed by atoms with Crippen LogP contribution in [0, 0.1) is 0 Å². The first-order valence-electron chi connectivity index (χ1n) is 11.4. The van der Waals surface area contributed by atoms with Crippen LogP contribution in [0.2, 0.25) is 5.02 Å². The first-order valence-corrected chi connectivity index (χ1v) is 11.8. The first-order chi connectivity index (χ1) is 16.3. The Labute approximate surface area is 202 Å². The maximum absolute atomic E-state index is 6.50. The third-order valence-electron chi connectivity index (χ3n) is 5.55. The van der Waals surface area contributed by atoms with Crippen LogP contribution in [-0.2, 0) is 0 Å². The molecule has 5 aromatic carbocycles. The van der Waals surface area contributed by atoms with Crippen LogP contribution in [0.1, 0.15) is 13.8 Å². The molecule has 0 heterocycles. The Morgan fingerprint density at radius 3 is 0.939 bits per heavy atom. The van der Waals surface area contributed by atoms with E-state index in [1.807, 2.05) is 38.1 Å². The van der Waals surface area contributed by atoms with Crippen LogP contribution in [0.15, 0.2) is 127 Å². The molecule has 0 saturated heterocycles. The second-order valence-electron chi connectivity index (χ2n) is 7.62. The summed E-state index contributed by atoms with van der Waals surface area (Å²) < 4.78 is 0. The standard InChI is InChI=1S/C30H21Cl.C2H6/c31-30-20-28(26-15-11-24(12-16-26)22-7-3-1-4-8-22)19-29(21-30)27-17-13-25(14-18-27)23-9-5-2-6-10-23;1-2/h1-21H;1-2H3. The van der Waals surface area contributed by atoms with Crippen LogP contribution in [0.3, 0.4) is 0 Å².